The minimum atomic E-state index is -0.524. The van der Waals surface area contributed by atoms with E-state index in [2.05, 4.69) is 10.3 Å². The molecule has 2 aromatic carbocycles. The molecule has 0 spiro atoms. The van der Waals surface area contributed by atoms with Gasteiger partial charge in [0.25, 0.3) is 11.6 Å². The van der Waals surface area contributed by atoms with E-state index in [0.717, 1.165) is 10.9 Å². The second kappa shape index (κ2) is 5.09. The van der Waals surface area contributed by atoms with Gasteiger partial charge in [-0.05, 0) is 29.7 Å². The lowest BCUT2D eigenvalue weighted by atomic mass is 10.1. The smallest absolute Gasteiger partial charge is 0.292 e. The van der Waals surface area contributed by atoms with E-state index in [1.807, 2.05) is 12.1 Å². The van der Waals surface area contributed by atoms with E-state index in [0.29, 0.717) is 5.56 Å². The third kappa shape index (κ3) is 2.46. The van der Waals surface area contributed by atoms with Crippen molar-refractivity contribution in [1.29, 1.82) is 0 Å². The van der Waals surface area contributed by atoms with Crippen LogP contribution in [0.1, 0.15) is 10.4 Å². The standard InChI is InChI=1S/C15H11N3O3/c19-15(11-6-5-10-7-8-16-13(10)9-11)17-12-3-1-2-4-14(12)18(20)21/h1-9,16H,(H,17,19). The molecule has 3 rings (SSSR count). The fourth-order valence-corrected chi connectivity index (χ4v) is 2.12. The topological polar surface area (TPSA) is 88.0 Å². The molecule has 1 amide bonds. The van der Waals surface area contributed by atoms with Crippen LogP contribution in [0.2, 0.25) is 0 Å². The van der Waals surface area contributed by atoms with Crippen LogP contribution in [-0.2, 0) is 0 Å². The first-order valence-electron chi connectivity index (χ1n) is 6.27. The maximum Gasteiger partial charge on any atom is 0.292 e. The number of hydrogen-bond donors (Lipinski definition) is 2. The monoisotopic (exact) mass is 281 g/mol. The lowest BCUT2D eigenvalue weighted by Crippen LogP contribution is -2.13. The molecule has 6 heteroatoms. The van der Waals surface area contributed by atoms with E-state index in [-0.39, 0.29) is 17.3 Å². The van der Waals surface area contributed by atoms with Crippen molar-refractivity contribution in [2.75, 3.05) is 5.32 Å². The van der Waals surface area contributed by atoms with Crippen LogP contribution in [-0.4, -0.2) is 15.8 Å². The molecule has 0 fully saturated rings. The molecule has 0 unspecified atom stereocenters. The van der Waals surface area contributed by atoms with Crippen LogP contribution < -0.4 is 5.32 Å². The number of nitrogens with zero attached hydrogens (tertiary/aromatic N) is 1. The zero-order chi connectivity index (χ0) is 14.8. The summed E-state index contributed by atoms with van der Waals surface area (Å²) in [5.74, 6) is -0.388. The molecule has 21 heavy (non-hydrogen) atoms. The summed E-state index contributed by atoms with van der Waals surface area (Å²) in [4.78, 5) is 25.6. The lowest BCUT2D eigenvalue weighted by Gasteiger charge is -2.06. The number of nitro benzene ring substituents is 1. The summed E-state index contributed by atoms with van der Waals surface area (Å²) in [6.07, 6.45) is 1.79. The summed E-state index contributed by atoms with van der Waals surface area (Å²) >= 11 is 0. The highest BCUT2D eigenvalue weighted by molar-refractivity contribution is 6.07. The van der Waals surface area contributed by atoms with Gasteiger partial charge in [0.2, 0.25) is 0 Å². The Morgan fingerprint density at radius 1 is 1.14 bits per heavy atom. The highest BCUT2D eigenvalue weighted by Crippen LogP contribution is 2.24. The van der Waals surface area contributed by atoms with Crippen molar-refractivity contribution in [3.05, 3.63) is 70.4 Å². The fourth-order valence-electron chi connectivity index (χ4n) is 2.12. The van der Waals surface area contributed by atoms with Crippen LogP contribution in [0.4, 0.5) is 11.4 Å². The Morgan fingerprint density at radius 3 is 2.76 bits per heavy atom. The minimum absolute atomic E-state index is 0.133. The number of fused-ring (bicyclic) bond motifs is 1. The predicted octanol–water partition coefficient (Wildman–Crippen LogP) is 3.33. The Labute approximate surface area is 119 Å². The lowest BCUT2D eigenvalue weighted by molar-refractivity contribution is -0.383. The zero-order valence-electron chi connectivity index (χ0n) is 10.9. The van der Waals surface area contributed by atoms with Crippen LogP contribution >= 0.6 is 0 Å². The number of anilines is 1. The molecule has 2 N–H and O–H groups in total. The summed E-state index contributed by atoms with van der Waals surface area (Å²) in [6.45, 7) is 0. The molecule has 6 nitrogen and oxygen atoms in total. The summed E-state index contributed by atoms with van der Waals surface area (Å²) in [5.41, 5.74) is 1.32. The first-order chi connectivity index (χ1) is 10.1. The number of nitro groups is 1. The quantitative estimate of drug-likeness (QED) is 0.570. The van der Waals surface area contributed by atoms with E-state index in [1.165, 1.54) is 12.1 Å². The van der Waals surface area contributed by atoms with E-state index < -0.39 is 4.92 Å². The van der Waals surface area contributed by atoms with Gasteiger partial charge in [0, 0.05) is 23.3 Å². The van der Waals surface area contributed by atoms with Gasteiger partial charge >= 0.3 is 0 Å². The molecule has 104 valence electrons. The third-order valence-electron chi connectivity index (χ3n) is 3.17. The number of rotatable bonds is 3. The normalized spacial score (nSPS) is 10.5. The Kier molecular flexibility index (Phi) is 3.12. The van der Waals surface area contributed by atoms with E-state index >= 15 is 0 Å². The van der Waals surface area contributed by atoms with Gasteiger partial charge in [-0.3, -0.25) is 14.9 Å². The number of H-pyrrole nitrogens is 1. The number of amides is 1. The molecule has 1 heterocycles. The van der Waals surface area contributed by atoms with Gasteiger partial charge in [-0.15, -0.1) is 0 Å². The molecule has 0 saturated heterocycles. The van der Waals surface area contributed by atoms with Crippen LogP contribution in [0.3, 0.4) is 0 Å². The summed E-state index contributed by atoms with van der Waals surface area (Å²) in [7, 11) is 0. The molecule has 0 atom stereocenters. The van der Waals surface area contributed by atoms with Crippen LogP contribution in [0.15, 0.2) is 54.7 Å². The first-order valence-corrected chi connectivity index (χ1v) is 6.27. The Morgan fingerprint density at radius 2 is 1.95 bits per heavy atom. The van der Waals surface area contributed by atoms with Crippen molar-refractivity contribution in [2.24, 2.45) is 0 Å². The van der Waals surface area contributed by atoms with E-state index in [1.54, 1.807) is 30.5 Å². The van der Waals surface area contributed by atoms with Gasteiger partial charge in [-0.1, -0.05) is 18.2 Å². The second-order valence-electron chi connectivity index (χ2n) is 4.51. The van der Waals surface area contributed by atoms with Crippen LogP contribution in [0.25, 0.3) is 10.9 Å². The van der Waals surface area contributed by atoms with Crippen molar-refractivity contribution in [3.63, 3.8) is 0 Å². The molecular formula is C15H11N3O3. The molecule has 0 radical (unpaired) electrons. The number of hydrogen-bond acceptors (Lipinski definition) is 3. The van der Waals surface area contributed by atoms with E-state index in [9.17, 15) is 14.9 Å². The zero-order valence-corrected chi connectivity index (χ0v) is 10.9. The number of para-hydroxylation sites is 2. The van der Waals surface area contributed by atoms with Gasteiger partial charge in [-0.25, -0.2) is 0 Å². The third-order valence-corrected chi connectivity index (χ3v) is 3.17. The van der Waals surface area contributed by atoms with Crippen molar-refractivity contribution in [3.8, 4) is 0 Å². The predicted molar refractivity (Wildman–Crippen MR) is 79.3 cm³/mol. The number of aromatic nitrogens is 1. The van der Waals surface area contributed by atoms with Gasteiger partial charge in [0.05, 0.1) is 4.92 Å². The van der Waals surface area contributed by atoms with Gasteiger partial charge < -0.3 is 10.3 Å². The Balaban J connectivity index is 1.91. The van der Waals surface area contributed by atoms with Crippen molar-refractivity contribution in [2.45, 2.75) is 0 Å². The number of aromatic amines is 1. The fraction of sp³-hybridized carbons (Fsp3) is 0. The average molecular weight is 281 g/mol. The highest BCUT2D eigenvalue weighted by Gasteiger charge is 2.15. The maximum atomic E-state index is 12.2. The summed E-state index contributed by atoms with van der Waals surface area (Å²) < 4.78 is 0. The van der Waals surface area contributed by atoms with Gasteiger partial charge in [-0.2, -0.15) is 0 Å². The SMILES string of the molecule is O=C(Nc1ccccc1[N+](=O)[O-])c1ccc2cc[nH]c2c1. The number of nitrogens with one attached hydrogen (secondary N) is 2. The maximum absolute atomic E-state index is 12.2. The van der Waals surface area contributed by atoms with Crippen LogP contribution in [0.5, 0.6) is 0 Å². The Hall–Kier alpha value is -3.15. The van der Waals surface area contributed by atoms with Gasteiger partial charge in [0.15, 0.2) is 0 Å². The van der Waals surface area contributed by atoms with Crippen molar-refractivity contribution in [1.82, 2.24) is 4.98 Å². The molecule has 0 bridgehead atoms. The highest BCUT2D eigenvalue weighted by atomic mass is 16.6. The van der Waals surface area contributed by atoms with E-state index in [4.69, 9.17) is 0 Å². The molecule has 0 aliphatic rings. The molecule has 0 saturated carbocycles. The molecule has 0 aliphatic carbocycles. The van der Waals surface area contributed by atoms with Crippen molar-refractivity contribution < 1.29 is 9.72 Å². The first kappa shape index (κ1) is 12.9. The molecule has 0 aliphatic heterocycles. The second-order valence-corrected chi connectivity index (χ2v) is 4.51. The summed E-state index contributed by atoms with van der Waals surface area (Å²) in [5, 5.41) is 14.5. The number of carbonyl (C=O) groups excluding carboxylic acids is 1. The number of carbonyl (C=O) groups is 1. The molecule has 3 aromatic rings. The average Bonchev–Trinajstić information content (AvgIpc) is 2.94. The van der Waals surface area contributed by atoms with Crippen molar-refractivity contribution >= 4 is 28.2 Å². The largest absolute Gasteiger partial charge is 0.361 e. The van der Waals surface area contributed by atoms with Crippen LogP contribution in [0, 0.1) is 10.1 Å². The Bertz CT molecular complexity index is 839. The van der Waals surface area contributed by atoms with Gasteiger partial charge in [0.1, 0.15) is 5.69 Å². The summed E-state index contributed by atoms with van der Waals surface area (Å²) in [6, 6.07) is 13.2. The molecule has 1 aromatic heterocycles. The molecular weight excluding hydrogens is 270 g/mol. The minimum Gasteiger partial charge on any atom is -0.361 e. The number of benzene rings is 2.